The van der Waals surface area contributed by atoms with Crippen LogP contribution in [0, 0.1) is 5.92 Å². The summed E-state index contributed by atoms with van der Waals surface area (Å²) in [6.07, 6.45) is 15.6. The lowest BCUT2D eigenvalue weighted by atomic mass is 9.69. The number of hydrogen-bond acceptors (Lipinski definition) is 2. The van der Waals surface area contributed by atoms with Gasteiger partial charge in [-0.3, -0.25) is 0 Å². The summed E-state index contributed by atoms with van der Waals surface area (Å²) in [4.78, 5) is 2.43. The predicted octanol–water partition coefficient (Wildman–Crippen LogP) is 4.10. The SMILES string of the molecule is CC1CCC(C(N)C2=CCCCCCC2)(N(C)C)CC1. The maximum atomic E-state index is 6.82. The van der Waals surface area contributed by atoms with Crippen molar-refractivity contribution in [3.05, 3.63) is 11.6 Å². The van der Waals surface area contributed by atoms with Gasteiger partial charge in [0.2, 0.25) is 0 Å². The minimum Gasteiger partial charge on any atom is -0.323 e. The molecule has 0 aromatic heterocycles. The van der Waals surface area contributed by atoms with Crippen LogP contribution in [0.25, 0.3) is 0 Å². The third kappa shape index (κ3) is 3.46. The van der Waals surface area contributed by atoms with Crippen LogP contribution in [-0.4, -0.2) is 30.6 Å². The number of nitrogens with two attached hydrogens (primary N) is 1. The van der Waals surface area contributed by atoms with Crippen LogP contribution in [0.3, 0.4) is 0 Å². The van der Waals surface area contributed by atoms with Gasteiger partial charge in [0, 0.05) is 11.6 Å². The fourth-order valence-corrected chi connectivity index (χ4v) is 4.14. The lowest BCUT2D eigenvalue weighted by Gasteiger charge is -2.49. The average molecular weight is 278 g/mol. The molecule has 0 heterocycles. The summed E-state index contributed by atoms with van der Waals surface area (Å²) < 4.78 is 0. The Labute approximate surface area is 125 Å². The maximum absolute atomic E-state index is 6.82. The summed E-state index contributed by atoms with van der Waals surface area (Å²) in [6, 6.07) is 0.239. The van der Waals surface area contributed by atoms with E-state index in [1.54, 1.807) is 5.57 Å². The normalized spacial score (nSPS) is 34.2. The Morgan fingerprint density at radius 3 is 2.45 bits per heavy atom. The van der Waals surface area contributed by atoms with Crippen LogP contribution in [0.15, 0.2) is 11.6 Å². The highest BCUT2D eigenvalue weighted by Gasteiger charge is 2.42. The molecule has 0 saturated heterocycles. The van der Waals surface area contributed by atoms with Gasteiger partial charge in [0.1, 0.15) is 0 Å². The lowest BCUT2D eigenvalue weighted by Crippen LogP contribution is -2.59. The molecule has 2 nitrogen and oxygen atoms in total. The Kier molecular flexibility index (Phi) is 5.68. The van der Waals surface area contributed by atoms with Crippen molar-refractivity contribution in [3.63, 3.8) is 0 Å². The number of hydrogen-bond donors (Lipinski definition) is 1. The number of rotatable bonds is 3. The molecule has 116 valence electrons. The molecule has 2 rings (SSSR count). The molecular formula is C18H34N2. The second-order valence-corrected chi connectivity index (χ2v) is 7.39. The molecule has 2 N–H and O–H groups in total. The zero-order valence-corrected chi connectivity index (χ0v) is 13.8. The van der Waals surface area contributed by atoms with Crippen LogP contribution in [0.4, 0.5) is 0 Å². The van der Waals surface area contributed by atoms with Crippen molar-refractivity contribution >= 4 is 0 Å². The van der Waals surface area contributed by atoms with Crippen molar-refractivity contribution in [1.82, 2.24) is 4.90 Å². The van der Waals surface area contributed by atoms with Crippen molar-refractivity contribution in [1.29, 1.82) is 0 Å². The molecule has 0 bridgehead atoms. The fourth-order valence-electron chi connectivity index (χ4n) is 4.14. The van der Waals surface area contributed by atoms with E-state index < -0.39 is 0 Å². The molecule has 20 heavy (non-hydrogen) atoms. The van der Waals surface area contributed by atoms with Crippen LogP contribution in [0.1, 0.15) is 71.1 Å². The second-order valence-electron chi connectivity index (χ2n) is 7.39. The van der Waals surface area contributed by atoms with Crippen LogP contribution in [0.5, 0.6) is 0 Å². The van der Waals surface area contributed by atoms with Gasteiger partial charge in [-0.25, -0.2) is 0 Å². The van der Waals surface area contributed by atoms with Gasteiger partial charge in [-0.2, -0.15) is 0 Å². The molecule has 2 heteroatoms. The predicted molar refractivity (Wildman–Crippen MR) is 87.8 cm³/mol. The largest absolute Gasteiger partial charge is 0.323 e. The number of likely N-dealkylation sites (N-methyl/N-ethyl adjacent to an activating group) is 1. The highest BCUT2D eigenvalue weighted by molar-refractivity contribution is 5.20. The van der Waals surface area contributed by atoms with Gasteiger partial charge in [0.15, 0.2) is 0 Å². The van der Waals surface area contributed by atoms with E-state index in [2.05, 4.69) is 32.0 Å². The van der Waals surface area contributed by atoms with E-state index in [0.717, 1.165) is 5.92 Å². The molecule has 0 aliphatic heterocycles. The van der Waals surface area contributed by atoms with Crippen LogP contribution < -0.4 is 5.73 Å². The summed E-state index contributed by atoms with van der Waals surface area (Å²) in [5.41, 5.74) is 8.57. The Bertz CT molecular complexity index is 324. The van der Waals surface area contributed by atoms with Gasteiger partial charge < -0.3 is 10.6 Å². The summed E-state index contributed by atoms with van der Waals surface area (Å²) >= 11 is 0. The maximum Gasteiger partial charge on any atom is 0.0441 e. The molecule has 1 saturated carbocycles. The van der Waals surface area contributed by atoms with E-state index >= 15 is 0 Å². The molecule has 1 fully saturated rings. The molecule has 0 radical (unpaired) electrons. The third-order valence-electron chi connectivity index (χ3n) is 5.84. The third-order valence-corrected chi connectivity index (χ3v) is 5.84. The first-order valence-electron chi connectivity index (χ1n) is 8.68. The van der Waals surface area contributed by atoms with E-state index in [9.17, 15) is 0 Å². The molecule has 0 aromatic rings. The van der Waals surface area contributed by atoms with Crippen LogP contribution in [-0.2, 0) is 0 Å². The topological polar surface area (TPSA) is 29.3 Å². The Balaban J connectivity index is 2.15. The Morgan fingerprint density at radius 1 is 1.15 bits per heavy atom. The van der Waals surface area contributed by atoms with Crippen molar-refractivity contribution in [2.24, 2.45) is 11.7 Å². The van der Waals surface area contributed by atoms with Gasteiger partial charge in [-0.1, -0.05) is 31.4 Å². The molecule has 2 aliphatic rings. The van der Waals surface area contributed by atoms with E-state index in [4.69, 9.17) is 5.73 Å². The van der Waals surface area contributed by atoms with E-state index in [-0.39, 0.29) is 11.6 Å². The van der Waals surface area contributed by atoms with Crippen LogP contribution in [0.2, 0.25) is 0 Å². The van der Waals surface area contributed by atoms with Gasteiger partial charge in [-0.15, -0.1) is 0 Å². The van der Waals surface area contributed by atoms with Gasteiger partial charge in [0.25, 0.3) is 0 Å². The van der Waals surface area contributed by atoms with E-state index in [0.29, 0.717) is 0 Å². The fraction of sp³-hybridized carbons (Fsp3) is 0.889. The highest BCUT2D eigenvalue weighted by atomic mass is 15.2. The molecular weight excluding hydrogens is 244 g/mol. The average Bonchev–Trinajstić information content (AvgIpc) is 2.38. The van der Waals surface area contributed by atoms with E-state index in [1.165, 1.54) is 64.2 Å². The van der Waals surface area contributed by atoms with E-state index in [1.807, 2.05) is 0 Å². The molecule has 0 aromatic carbocycles. The lowest BCUT2D eigenvalue weighted by molar-refractivity contribution is 0.0661. The van der Waals surface area contributed by atoms with Gasteiger partial charge in [0.05, 0.1) is 0 Å². The Morgan fingerprint density at radius 2 is 1.80 bits per heavy atom. The molecule has 0 amide bonds. The quantitative estimate of drug-likeness (QED) is 0.787. The van der Waals surface area contributed by atoms with Crippen molar-refractivity contribution < 1.29 is 0 Å². The Hall–Kier alpha value is -0.340. The molecule has 2 aliphatic carbocycles. The minimum atomic E-state index is 0.206. The molecule has 1 unspecified atom stereocenters. The minimum absolute atomic E-state index is 0.206. The highest BCUT2D eigenvalue weighted by Crippen LogP contribution is 2.40. The smallest absolute Gasteiger partial charge is 0.0441 e. The number of nitrogens with zero attached hydrogens (tertiary/aromatic N) is 1. The van der Waals surface area contributed by atoms with Gasteiger partial charge >= 0.3 is 0 Å². The molecule has 1 atom stereocenters. The first-order valence-corrected chi connectivity index (χ1v) is 8.68. The first kappa shape index (κ1) is 16.0. The van der Waals surface area contributed by atoms with Crippen molar-refractivity contribution in [3.8, 4) is 0 Å². The summed E-state index contributed by atoms with van der Waals surface area (Å²) in [5.74, 6) is 0.876. The zero-order valence-electron chi connectivity index (χ0n) is 13.8. The standard InChI is InChI=1S/C18H34N2/c1-15-11-13-18(14-12-15,20(2)3)17(19)16-9-7-5-4-6-8-10-16/h9,15,17H,4-8,10-14,19H2,1-3H3. The van der Waals surface area contributed by atoms with Crippen LogP contribution >= 0.6 is 0 Å². The van der Waals surface area contributed by atoms with Crippen molar-refractivity contribution in [2.45, 2.75) is 82.7 Å². The number of allylic oxidation sites excluding steroid dienone is 1. The van der Waals surface area contributed by atoms with Gasteiger partial charge in [-0.05, 0) is 71.4 Å². The monoisotopic (exact) mass is 278 g/mol. The zero-order chi connectivity index (χ0) is 14.6. The second kappa shape index (κ2) is 7.09. The summed E-state index contributed by atoms with van der Waals surface area (Å²) in [6.45, 7) is 2.39. The molecule has 0 spiro atoms. The summed E-state index contributed by atoms with van der Waals surface area (Å²) in [7, 11) is 4.47. The first-order chi connectivity index (χ1) is 9.56. The van der Waals surface area contributed by atoms with Crippen molar-refractivity contribution in [2.75, 3.05) is 14.1 Å². The summed E-state index contributed by atoms with van der Waals surface area (Å²) in [5, 5.41) is 0.